The van der Waals surface area contributed by atoms with Crippen LogP contribution in [0.5, 0.6) is 0 Å². The summed E-state index contributed by atoms with van der Waals surface area (Å²) in [5.41, 5.74) is -0.338. The van der Waals surface area contributed by atoms with E-state index in [0.717, 1.165) is 31.5 Å². The lowest BCUT2D eigenvalue weighted by Gasteiger charge is -2.32. The fourth-order valence-electron chi connectivity index (χ4n) is 3.41. The van der Waals surface area contributed by atoms with E-state index in [0.29, 0.717) is 18.3 Å². The second-order valence-corrected chi connectivity index (χ2v) is 7.42. The van der Waals surface area contributed by atoms with Crippen LogP contribution in [0.3, 0.4) is 0 Å². The fraction of sp³-hybridized carbons (Fsp3) is 0.450. The van der Waals surface area contributed by atoms with Gasteiger partial charge in [0, 0.05) is 17.9 Å². The minimum Gasteiger partial charge on any atom is -0.324 e. The number of benzene rings is 1. The van der Waals surface area contributed by atoms with E-state index in [-0.39, 0.29) is 18.1 Å². The van der Waals surface area contributed by atoms with Gasteiger partial charge >= 0.3 is 6.18 Å². The monoisotopic (exact) mass is 423 g/mol. The van der Waals surface area contributed by atoms with E-state index in [4.69, 9.17) is 0 Å². The number of hydrogen-bond acceptors (Lipinski definition) is 4. The third-order valence-corrected chi connectivity index (χ3v) is 4.98. The summed E-state index contributed by atoms with van der Waals surface area (Å²) in [5, 5.41) is 9.19. The van der Waals surface area contributed by atoms with Gasteiger partial charge in [-0.05, 0) is 44.5 Å². The van der Waals surface area contributed by atoms with E-state index in [1.165, 1.54) is 35.6 Å². The Bertz CT molecular complexity index is 897. The van der Waals surface area contributed by atoms with Crippen molar-refractivity contribution in [1.82, 2.24) is 14.7 Å². The molecular formula is C20H24F3N5O2. The summed E-state index contributed by atoms with van der Waals surface area (Å²) in [6, 6.07) is 4.77. The molecule has 0 radical (unpaired) electrons. The maximum absolute atomic E-state index is 12.8. The predicted molar refractivity (Wildman–Crippen MR) is 106 cm³/mol. The van der Waals surface area contributed by atoms with Crippen molar-refractivity contribution in [2.75, 3.05) is 23.7 Å². The topological polar surface area (TPSA) is 79.3 Å². The quantitative estimate of drug-likeness (QED) is 0.747. The Morgan fingerprint density at radius 2 is 1.87 bits per heavy atom. The molecule has 1 saturated heterocycles. The Kier molecular flexibility index (Phi) is 6.76. The Morgan fingerprint density at radius 1 is 1.13 bits per heavy atom. The van der Waals surface area contributed by atoms with Crippen LogP contribution >= 0.6 is 0 Å². The van der Waals surface area contributed by atoms with Crippen molar-refractivity contribution >= 4 is 23.2 Å². The van der Waals surface area contributed by atoms with E-state index < -0.39 is 17.6 Å². The van der Waals surface area contributed by atoms with Gasteiger partial charge in [0.15, 0.2) is 0 Å². The van der Waals surface area contributed by atoms with Crippen LogP contribution in [-0.4, -0.2) is 45.6 Å². The van der Waals surface area contributed by atoms with Crippen LogP contribution < -0.4 is 10.6 Å². The molecule has 162 valence electrons. The van der Waals surface area contributed by atoms with Crippen LogP contribution in [0.1, 0.15) is 31.7 Å². The van der Waals surface area contributed by atoms with Gasteiger partial charge in [-0.2, -0.15) is 18.3 Å². The molecule has 0 spiro atoms. The summed E-state index contributed by atoms with van der Waals surface area (Å²) < 4.78 is 39.6. The van der Waals surface area contributed by atoms with Crippen molar-refractivity contribution in [2.24, 2.45) is 0 Å². The maximum Gasteiger partial charge on any atom is 0.416 e. The summed E-state index contributed by atoms with van der Waals surface area (Å²) in [5.74, 6) is -0.686. The molecule has 0 saturated carbocycles. The third-order valence-electron chi connectivity index (χ3n) is 4.98. The number of alkyl halides is 3. The van der Waals surface area contributed by atoms with Crippen LogP contribution in [0.2, 0.25) is 0 Å². The van der Waals surface area contributed by atoms with Gasteiger partial charge in [-0.15, -0.1) is 0 Å². The first kappa shape index (κ1) is 21.8. The normalized spacial score (nSPS) is 17.5. The number of hydrogen-bond donors (Lipinski definition) is 2. The number of aromatic nitrogens is 2. The van der Waals surface area contributed by atoms with Crippen molar-refractivity contribution < 1.29 is 22.8 Å². The highest BCUT2D eigenvalue weighted by atomic mass is 19.4. The Morgan fingerprint density at radius 3 is 2.60 bits per heavy atom. The first-order valence-corrected chi connectivity index (χ1v) is 9.74. The number of anilines is 2. The molecule has 1 fully saturated rings. The lowest BCUT2D eigenvalue weighted by atomic mass is 10.0. The number of rotatable bonds is 6. The Hall–Kier alpha value is -2.88. The van der Waals surface area contributed by atoms with E-state index in [1.807, 2.05) is 0 Å². The Labute approximate surface area is 172 Å². The molecule has 2 amide bonds. The number of amides is 2. The Balaban J connectivity index is 1.51. The minimum atomic E-state index is -4.48. The van der Waals surface area contributed by atoms with Crippen molar-refractivity contribution in [2.45, 2.75) is 44.9 Å². The molecule has 0 bridgehead atoms. The number of likely N-dealkylation sites (tertiary alicyclic amines) is 1. The molecule has 1 aromatic carbocycles. The van der Waals surface area contributed by atoms with Crippen LogP contribution in [0.4, 0.5) is 24.5 Å². The first-order valence-electron chi connectivity index (χ1n) is 9.74. The molecular weight excluding hydrogens is 399 g/mol. The average Bonchev–Trinajstić information content (AvgIpc) is 3.09. The van der Waals surface area contributed by atoms with Gasteiger partial charge in [-0.3, -0.25) is 19.2 Å². The summed E-state index contributed by atoms with van der Waals surface area (Å²) in [4.78, 5) is 26.5. The van der Waals surface area contributed by atoms with Crippen molar-refractivity contribution in [3.63, 3.8) is 0 Å². The highest BCUT2D eigenvalue weighted by molar-refractivity contribution is 5.92. The molecule has 2 aromatic rings. The molecule has 1 aliphatic rings. The van der Waals surface area contributed by atoms with Crippen molar-refractivity contribution in [3.8, 4) is 0 Å². The van der Waals surface area contributed by atoms with Crippen LogP contribution in [0, 0.1) is 0 Å². The zero-order valence-corrected chi connectivity index (χ0v) is 16.6. The van der Waals surface area contributed by atoms with Crippen LogP contribution in [-0.2, 0) is 22.3 Å². The van der Waals surface area contributed by atoms with Gasteiger partial charge in [0.25, 0.3) is 0 Å². The molecule has 7 nitrogen and oxygen atoms in total. The SMILES string of the molecule is C[C@@H]1CCCCN1CC(=O)Nc1cnn(CC(=O)Nc2cccc(C(F)(F)F)c2)c1. The molecule has 3 rings (SSSR count). The maximum atomic E-state index is 12.8. The highest BCUT2D eigenvalue weighted by Crippen LogP contribution is 2.30. The molecule has 1 atom stereocenters. The number of piperidine rings is 1. The molecule has 10 heteroatoms. The molecule has 30 heavy (non-hydrogen) atoms. The number of nitrogens with one attached hydrogen (secondary N) is 2. The number of nitrogens with zero attached hydrogens (tertiary/aromatic N) is 3. The van der Waals surface area contributed by atoms with Crippen LogP contribution in [0.25, 0.3) is 0 Å². The molecule has 0 aliphatic carbocycles. The second kappa shape index (κ2) is 9.29. The fourth-order valence-corrected chi connectivity index (χ4v) is 3.41. The predicted octanol–water partition coefficient (Wildman–Crippen LogP) is 3.35. The van der Waals surface area contributed by atoms with Gasteiger partial charge in [-0.25, -0.2) is 0 Å². The number of carbonyl (C=O) groups excluding carboxylic acids is 2. The first-order chi connectivity index (χ1) is 14.2. The summed E-state index contributed by atoms with van der Waals surface area (Å²) in [7, 11) is 0. The average molecular weight is 423 g/mol. The zero-order valence-electron chi connectivity index (χ0n) is 16.6. The highest BCUT2D eigenvalue weighted by Gasteiger charge is 2.30. The van der Waals surface area contributed by atoms with Gasteiger partial charge in [-0.1, -0.05) is 12.5 Å². The summed E-state index contributed by atoms with van der Waals surface area (Å²) in [6.07, 6.45) is 1.78. The summed E-state index contributed by atoms with van der Waals surface area (Å²) in [6.45, 7) is 3.09. The summed E-state index contributed by atoms with van der Waals surface area (Å²) >= 11 is 0. The van der Waals surface area contributed by atoms with Gasteiger partial charge in [0.1, 0.15) is 6.54 Å². The van der Waals surface area contributed by atoms with E-state index in [1.54, 1.807) is 0 Å². The minimum absolute atomic E-state index is 0.0474. The van der Waals surface area contributed by atoms with Crippen molar-refractivity contribution in [3.05, 3.63) is 42.2 Å². The van der Waals surface area contributed by atoms with E-state index >= 15 is 0 Å². The molecule has 1 aliphatic heterocycles. The van der Waals surface area contributed by atoms with Gasteiger partial charge in [0.2, 0.25) is 11.8 Å². The zero-order chi connectivity index (χ0) is 21.7. The van der Waals surface area contributed by atoms with Crippen molar-refractivity contribution in [1.29, 1.82) is 0 Å². The largest absolute Gasteiger partial charge is 0.416 e. The lowest BCUT2D eigenvalue weighted by molar-refractivity contribution is -0.137. The molecule has 2 heterocycles. The number of halogens is 3. The molecule has 1 aromatic heterocycles. The third kappa shape index (κ3) is 6.06. The molecule has 0 unspecified atom stereocenters. The lowest BCUT2D eigenvalue weighted by Crippen LogP contribution is -2.42. The van der Waals surface area contributed by atoms with E-state index in [2.05, 4.69) is 27.6 Å². The molecule has 2 N–H and O–H groups in total. The van der Waals surface area contributed by atoms with E-state index in [9.17, 15) is 22.8 Å². The smallest absolute Gasteiger partial charge is 0.324 e. The van der Waals surface area contributed by atoms with Gasteiger partial charge < -0.3 is 10.6 Å². The van der Waals surface area contributed by atoms with Gasteiger partial charge in [0.05, 0.1) is 24.0 Å². The standard InChI is InChI=1S/C20H24F3N5O2/c1-14-5-2-3-8-27(14)12-18(29)26-17-10-24-28(11-17)13-19(30)25-16-7-4-6-15(9-16)20(21,22)23/h4,6-7,9-11,14H,2-3,5,8,12-13H2,1H3,(H,25,30)(H,26,29)/t14-/m1/s1. The number of carbonyl (C=O) groups is 2. The second-order valence-electron chi connectivity index (χ2n) is 7.42. The van der Waals surface area contributed by atoms with Crippen LogP contribution in [0.15, 0.2) is 36.7 Å².